The Morgan fingerprint density at radius 3 is 3.00 bits per heavy atom. The van der Waals surface area contributed by atoms with Crippen LogP contribution in [0.3, 0.4) is 0 Å². The first-order valence-electron chi connectivity index (χ1n) is 4.53. The number of morpholine rings is 1. The number of ether oxygens (including phenoxy) is 1. The maximum absolute atomic E-state index is 13.5. The lowest BCUT2D eigenvalue weighted by Crippen LogP contribution is -2.35. The molecular formula is C10H11ClFNO. The molecule has 14 heavy (non-hydrogen) atoms. The topological polar surface area (TPSA) is 21.3 Å². The molecule has 0 aromatic heterocycles. The number of halogens is 2. The summed E-state index contributed by atoms with van der Waals surface area (Å²) in [5, 5.41) is 3.61. The Bertz CT molecular complexity index is 326. The minimum Gasteiger partial charge on any atom is -0.378 e. The van der Waals surface area contributed by atoms with Gasteiger partial charge >= 0.3 is 0 Å². The number of nitrogens with one attached hydrogen (secondary N) is 1. The molecule has 0 saturated carbocycles. The van der Waals surface area contributed by atoms with Crippen LogP contribution in [0.4, 0.5) is 4.39 Å². The molecule has 1 atom stereocenters. The van der Waals surface area contributed by atoms with E-state index in [9.17, 15) is 4.39 Å². The van der Waals surface area contributed by atoms with Crippen molar-refractivity contribution in [1.29, 1.82) is 0 Å². The van der Waals surface area contributed by atoms with Crippen LogP contribution in [0.15, 0.2) is 18.2 Å². The highest BCUT2D eigenvalue weighted by molar-refractivity contribution is 6.30. The molecule has 1 saturated heterocycles. The molecule has 2 nitrogen and oxygen atoms in total. The molecule has 0 amide bonds. The van der Waals surface area contributed by atoms with Gasteiger partial charge in [0.05, 0.1) is 19.3 Å². The van der Waals surface area contributed by atoms with Crippen molar-refractivity contribution in [2.75, 3.05) is 19.8 Å². The summed E-state index contributed by atoms with van der Waals surface area (Å²) in [4.78, 5) is 0. The van der Waals surface area contributed by atoms with Crippen LogP contribution in [0.25, 0.3) is 0 Å². The van der Waals surface area contributed by atoms with Crippen molar-refractivity contribution < 1.29 is 9.13 Å². The van der Waals surface area contributed by atoms with Crippen LogP contribution >= 0.6 is 11.6 Å². The molecule has 0 bridgehead atoms. The molecule has 0 aliphatic carbocycles. The van der Waals surface area contributed by atoms with Gasteiger partial charge in [-0.3, -0.25) is 0 Å². The van der Waals surface area contributed by atoms with Crippen LogP contribution in [-0.4, -0.2) is 19.8 Å². The second kappa shape index (κ2) is 4.26. The van der Waals surface area contributed by atoms with Gasteiger partial charge in [-0.25, -0.2) is 4.39 Å². The molecule has 4 heteroatoms. The average Bonchev–Trinajstić information content (AvgIpc) is 2.19. The van der Waals surface area contributed by atoms with Gasteiger partial charge in [-0.05, 0) is 12.1 Å². The van der Waals surface area contributed by atoms with E-state index in [0.717, 1.165) is 6.54 Å². The highest BCUT2D eigenvalue weighted by Gasteiger charge is 2.18. The smallest absolute Gasteiger partial charge is 0.129 e. The minimum atomic E-state index is -0.277. The zero-order chi connectivity index (χ0) is 9.97. The quantitative estimate of drug-likeness (QED) is 0.775. The van der Waals surface area contributed by atoms with E-state index in [-0.39, 0.29) is 11.9 Å². The van der Waals surface area contributed by atoms with Crippen LogP contribution in [-0.2, 0) is 4.74 Å². The normalized spacial score (nSPS) is 22.3. The first-order valence-corrected chi connectivity index (χ1v) is 4.91. The molecule has 0 spiro atoms. The number of hydrogen-bond acceptors (Lipinski definition) is 2. The van der Waals surface area contributed by atoms with Gasteiger partial charge in [0.2, 0.25) is 0 Å². The fourth-order valence-electron chi connectivity index (χ4n) is 1.55. The Kier molecular flexibility index (Phi) is 3.01. The van der Waals surface area contributed by atoms with Gasteiger partial charge in [0.1, 0.15) is 5.82 Å². The summed E-state index contributed by atoms with van der Waals surface area (Å²) in [6.45, 7) is 1.96. The maximum atomic E-state index is 13.5. The lowest BCUT2D eigenvalue weighted by atomic mass is 10.1. The fraction of sp³-hybridized carbons (Fsp3) is 0.400. The highest BCUT2D eigenvalue weighted by Crippen LogP contribution is 2.22. The predicted octanol–water partition coefficient (Wildman–Crippen LogP) is 2.14. The van der Waals surface area contributed by atoms with E-state index in [0.29, 0.717) is 23.8 Å². The van der Waals surface area contributed by atoms with Crippen molar-refractivity contribution in [2.45, 2.75) is 6.04 Å². The van der Waals surface area contributed by atoms with Crippen molar-refractivity contribution in [3.63, 3.8) is 0 Å². The van der Waals surface area contributed by atoms with Gasteiger partial charge in [0.25, 0.3) is 0 Å². The third kappa shape index (κ3) is 2.05. The average molecular weight is 216 g/mol. The second-order valence-corrected chi connectivity index (χ2v) is 3.68. The third-order valence-electron chi connectivity index (χ3n) is 2.26. The molecule has 2 rings (SSSR count). The van der Waals surface area contributed by atoms with Crippen LogP contribution in [0.5, 0.6) is 0 Å². The lowest BCUT2D eigenvalue weighted by Gasteiger charge is -2.24. The zero-order valence-corrected chi connectivity index (χ0v) is 8.35. The van der Waals surface area contributed by atoms with E-state index < -0.39 is 0 Å². The van der Waals surface area contributed by atoms with Gasteiger partial charge in [0.15, 0.2) is 0 Å². The second-order valence-electron chi connectivity index (χ2n) is 3.25. The van der Waals surface area contributed by atoms with E-state index >= 15 is 0 Å². The fourth-order valence-corrected chi connectivity index (χ4v) is 1.71. The third-order valence-corrected chi connectivity index (χ3v) is 2.49. The molecular weight excluding hydrogens is 205 g/mol. The van der Waals surface area contributed by atoms with Crippen molar-refractivity contribution >= 4 is 11.6 Å². The van der Waals surface area contributed by atoms with Crippen LogP contribution in [0, 0.1) is 5.82 Å². The molecule has 1 aromatic carbocycles. The summed E-state index contributed by atoms with van der Waals surface area (Å²) in [5.41, 5.74) is 0.620. The van der Waals surface area contributed by atoms with E-state index in [1.54, 1.807) is 12.1 Å². The van der Waals surface area contributed by atoms with Crippen molar-refractivity contribution in [1.82, 2.24) is 5.32 Å². The number of benzene rings is 1. The Morgan fingerprint density at radius 2 is 2.36 bits per heavy atom. The van der Waals surface area contributed by atoms with Gasteiger partial charge in [-0.1, -0.05) is 17.7 Å². The monoisotopic (exact) mass is 215 g/mol. The highest BCUT2D eigenvalue weighted by atomic mass is 35.5. The molecule has 1 N–H and O–H groups in total. The first-order chi connectivity index (χ1) is 6.77. The summed E-state index contributed by atoms with van der Waals surface area (Å²) in [6.07, 6.45) is 0. The molecule has 1 fully saturated rings. The van der Waals surface area contributed by atoms with Gasteiger partial charge < -0.3 is 10.1 Å². The van der Waals surface area contributed by atoms with Crippen LogP contribution < -0.4 is 5.32 Å². The molecule has 1 aromatic rings. The predicted molar refractivity (Wildman–Crippen MR) is 53.0 cm³/mol. The van der Waals surface area contributed by atoms with Gasteiger partial charge in [-0.2, -0.15) is 0 Å². The Hall–Kier alpha value is -0.640. The van der Waals surface area contributed by atoms with Crippen LogP contribution in [0.1, 0.15) is 11.6 Å². The number of hydrogen-bond donors (Lipinski definition) is 1. The molecule has 1 aliphatic heterocycles. The SMILES string of the molecule is Fc1cc(Cl)ccc1C1COCCN1. The number of rotatable bonds is 1. The Labute approximate surface area is 87.0 Å². The summed E-state index contributed by atoms with van der Waals surface area (Å²) in [7, 11) is 0. The zero-order valence-electron chi connectivity index (χ0n) is 7.59. The molecule has 0 radical (unpaired) electrons. The van der Waals surface area contributed by atoms with E-state index in [4.69, 9.17) is 16.3 Å². The van der Waals surface area contributed by atoms with E-state index in [1.807, 2.05) is 0 Å². The molecule has 1 unspecified atom stereocenters. The largest absolute Gasteiger partial charge is 0.378 e. The molecule has 1 heterocycles. The summed E-state index contributed by atoms with van der Waals surface area (Å²) >= 11 is 5.66. The standard InChI is InChI=1S/C10H11ClFNO/c11-7-1-2-8(9(12)5-7)10-6-14-4-3-13-10/h1-2,5,10,13H,3-4,6H2. The first kappa shape index (κ1) is 9.90. The van der Waals surface area contributed by atoms with E-state index in [1.165, 1.54) is 6.07 Å². The minimum absolute atomic E-state index is 0.0546. The molecule has 1 aliphatic rings. The van der Waals surface area contributed by atoms with Gasteiger partial charge in [0, 0.05) is 17.1 Å². The van der Waals surface area contributed by atoms with Gasteiger partial charge in [-0.15, -0.1) is 0 Å². The summed E-state index contributed by atoms with van der Waals surface area (Å²) in [5.74, 6) is -0.277. The lowest BCUT2D eigenvalue weighted by molar-refractivity contribution is 0.0757. The van der Waals surface area contributed by atoms with Crippen molar-refractivity contribution in [2.24, 2.45) is 0 Å². The van der Waals surface area contributed by atoms with E-state index in [2.05, 4.69) is 5.32 Å². The molecule has 76 valence electrons. The Balaban J connectivity index is 2.22. The summed E-state index contributed by atoms with van der Waals surface area (Å²) in [6, 6.07) is 4.66. The Morgan fingerprint density at radius 1 is 1.50 bits per heavy atom. The summed E-state index contributed by atoms with van der Waals surface area (Å²) < 4.78 is 18.7. The van der Waals surface area contributed by atoms with Crippen molar-refractivity contribution in [3.05, 3.63) is 34.6 Å². The van der Waals surface area contributed by atoms with Crippen LogP contribution in [0.2, 0.25) is 5.02 Å². The van der Waals surface area contributed by atoms with Crippen molar-refractivity contribution in [3.8, 4) is 0 Å². The maximum Gasteiger partial charge on any atom is 0.129 e.